The lowest BCUT2D eigenvalue weighted by Gasteiger charge is -2.24. The fraction of sp³-hybridized carbons (Fsp3) is 0.500. The van der Waals surface area contributed by atoms with E-state index in [1.807, 2.05) is 63.1 Å². The second kappa shape index (κ2) is 7.88. The first-order valence-corrected chi connectivity index (χ1v) is 10.5. The number of carbonyl (C=O) groups excluding carboxylic acids is 1. The topological polar surface area (TPSA) is 99.9 Å². The number of likely N-dealkylation sites (tertiary alicyclic amines) is 1. The zero-order valence-corrected chi connectivity index (χ0v) is 18.7. The van der Waals surface area contributed by atoms with E-state index in [0.717, 1.165) is 22.3 Å². The summed E-state index contributed by atoms with van der Waals surface area (Å²) in [7, 11) is 1.91. The molecular formula is C22H30N6O3. The molecule has 1 amide bonds. The van der Waals surface area contributed by atoms with Crippen LogP contribution in [0.25, 0.3) is 16.8 Å². The fourth-order valence-electron chi connectivity index (χ4n) is 3.95. The highest BCUT2D eigenvalue weighted by atomic mass is 16.6. The van der Waals surface area contributed by atoms with Crippen molar-refractivity contribution in [2.45, 2.75) is 46.0 Å². The van der Waals surface area contributed by atoms with Gasteiger partial charge in [0.25, 0.3) is 0 Å². The van der Waals surface area contributed by atoms with Gasteiger partial charge < -0.3 is 20.1 Å². The van der Waals surface area contributed by atoms with E-state index >= 15 is 0 Å². The van der Waals surface area contributed by atoms with Crippen LogP contribution in [0.2, 0.25) is 0 Å². The third kappa shape index (κ3) is 4.51. The number of carbonyl (C=O) groups is 1. The lowest BCUT2D eigenvalue weighted by Crippen LogP contribution is -2.36. The number of nitrogen functional groups attached to an aromatic ring is 1. The molecule has 166 valence electrons. The molecule has 31 heavy (non-hydrogen) atoms. The number of rotatable bonds is 4. The molecule has 1 aliphatic heterocycles. The van der Waals surface area contributed by atoms with Crippen LogP contribution in [0.5, 0.6) is 0 Å². The number of fused-ring (bicyclic) bond motifs is 1. The van der Waals surface area contributed by atoms with Crippen molar-refractivity contribution in [1.29, 1.82) is 0 Å². The Balaban J connectivity index is 1.46. The van der Waals surface area contributed by atoms with Gasteiger partial charge in [0.15, 0.2) is 0 Å². The average Bonchev–Trinajstić information content (AvgIpc) is 3.34. The molecule has 1 fully saturated rings. The van der Waals surface area contributed by atoms with E-state index in [4.69, 9.17) is 15.2 Å². The standard InChI is InChI=1S/C22H30N6O3/c1-14-11-27(21(29)31-22(2,3)4)12-18(14)30-13-16-10-24-26(5)20(16)15-6-7-28-17(8-15)9-19(23)25-28/h6-10,14,18H,11-13H2,1-5H3,(H2,23,25)/t14-,18+/m0/s1. The number of nitrogens with zero attached hydrogens (tertiary/aromatic N) is 5. The highest BCUT2D eigenvalue weighted by Crippen LogP contribution is 2.28. The quantitative estimate of drug-likeness (QED) is 0.688. The van der Waals surface area contributed by atoms with Gasteiger partial charge in [0.05, 0.1) is 36.7 Å². The Morgan fingerprint density at radius 2 is 2.06 bits per heavy atom. The fourth-order valence-corrected chi connectivity index (χ4v) is 3.95. The monoisotopic (exact) mass is 426 g/mol. The van der Waals surface area contributed by atoms with E-state index in [0.29, 0.717) is 25.5 Å². The van der Waals surface area contributed by atoms with Crippen molar-refractivity contribution in [1.82, 2.24) is 24.3 Å². The van der Waals surface area contributed by atoms with Crippen molar-refractivity contribution in [3.05, 3.63) is 36.2 Å². The number of aromatic nitrogens is 4. The molecule has 9 heteroatoms. The number of anilines is 1. The van der Waals surface area contributed by atoms with Gasteiger partial charge in [-0.15, -0.1) is 0 Å². The molecular weight excluding hydrogens is 396 g/mol. The lowest BCUT2D eigenvalue weighted by atomic mass is 10.1. The molecule has 1 aliphatic rings. The summed E-state index contributed by atoms with van der Waals surface area (Å²) < 4.78 is 15.3. The van der Waals surface area contributed by atoms with Gasteiger partial charge in [-0.25, -0.2) is 9.31 Å². The summed E-state index contributed by atoms with van der Waals surface area (Å²) in [4.78, 5) is 14.1. The highest BCUT2D eigenvalue weighted by Gasteiger charge is 2.35. The van der Waals surface area contributed by atoms with E-state index in [9.17, 15) is 4.79 Å². The zero-order chi connectivity index (χ0) is 22.3. The first kappa shape index (κ1) is 21.2. The predicted molar refractivity (Wildman–Crippen MR) is 117 cm³/mol. The molecule has 0 aromatic carbocycles. The Bertz CT molecular complexity index is 1100. The van der Waals surface area contributed by atoms with Gasteiger partial charge in [0.2, 0.25) is 0 Å². The number of pyridine rings is 1. The molecule has 0 radical (unpaired) electrons. The van der Waals surface area contributed by atoms with E-state index < -0.39 is 5.60 Å². The molecule has 1 saturated heterocycles. The molecule has 3 aromatic rings. The summed E-state index contributed by atoms with van der Waals surface area (Å²) in [5, 5.41) is 8.66. The molecule has 3 aromatic heterocycles. The van der Waals surface area contributed by atoms with Crippen molar-refractivity contribution in [2.24, 2.45) is 13.0 Å². The van der Waals surface area contributed by atoms with Crippen molar-refractivity contribution in [3.8, 4) is 11.3 Å². The Labute approximate surface area is 181 Å². The molecule has 0 aliphatic carbocycles. The third-order valence-corrected chi connectivity index (χ3v) is 5.42. The second-order valence-corrected chi connectivity index (χ2v) is 9.21. The molecule has 2 atom stereocenters. The number of aryl methyl sites for hydroxylation is 1. The van der Waals surface area contributed by atoms with E-state index in [-0.39, 0.29) is 18.1 Å². The molecule has 0 saturated carbocycles. The van der Waals surface area contributed by atoms with Crippen LogP contribution in [-0.4, -0.2) is 55.2 Å². The van der Waals surface area contributed by atoms with Crippen LogP contribution in [0.4, 0.5) is 10.6 Å². The summed E-state index contributed by atoms with van der Waals surface area (Å²) in [5.74, 6) is 0.703. The van der Waals surface area contributed by atoms with E-state index in [1.54, 1.807) is 9.42 Å². The molecule has 4 heterocycles. The van der Waals surface area contributed by atoms with Gasteiger partial charge in [-0.3, -0.25) is 4.68 Å². The maximum atomic E-state index is 12.4. The van der Waals surface area contributed by atoms with Crippen LogP contribution in [0.15, 0.2) is 30.6 Å². The Hall–Kier alpha value is -3.07. The smallest absolute Gasteiger partial charge is 0.410 e. The summed E-state index contributed by atoms with van der Waals surface area (Å²) >= 11 is 0. The van der Waals surface area contributed by atoms with Crippen LogP contribution in [0, 0.1) is 5.92 Å². The van der Waals surface area contributed by atoms with E-state index in [2.05, 4.69) is 17.1 Å². The molecule has 0 spiro atoms. The maximum absolute atomic E-state index is 12.4. The minimum absolute atomic E-state index is 0.0577. The summed E-state index contributed by atoms with van der Waals surface area (Å²) in [6, 6.07) is 5.86. The highest BCUT2D eigenvalue weighted by molar-refractivity contribution is 5.70. The Morgan fingerprint density at radius 1 is 1.29 bits per heavy atom. The third-order valence-electron chi connectivity index (χ3n) is 5.42. The van der Waals surface area contributed by atoms with Crippen LogP contribution >= 0.6 is 0 Å². The van der Waals surface area contributed by atoms with Crippen LogP contribution in [-0.2, 0) is 23.1 Å². The number of hydrogen-bond donors (Lipinski definition) is 1. The van der Waals surface area contributed by atoms with Gasteiger partial charge in [-0.2, -0.15) is 10.2 Å². The van der Waals surface area contributed by atoms with Crippen LogP contribution in [0.3, 0.4) is 0 Å². The molecule has 4 rings (SSSR count). The first-order chi connectivity index (χ1) is 14.6. The van der Waals surface area contributed by atoms with Gasteiger partial charge in [-0.1, -0.05) is 6.92 Å². The maximum Gasteiger partial charge on any atom is 0.410 e. The zero-order valence-electron chi connectivity index (χ0n) is 18.7. The molecule has 9 nitrogen and oxygen atoms in total. The molecule has 0 unspecified atom stereocenters. The van der Waals surface area contributed by atoms with E-state index in [1.165, 1.54) is 0 Å². The summed E-state index contributed by atoms with van der Waals surface area (Å²) in [5.41, 5.74) is 9.20. The minimum atomic E-state index is -0.509. The van der Waals surface area contributed by atoms with Gasteiger partial charge >= 0.3 is 6.09 Å². The largest absolute Gasteiger partial charge is 0.444 e. The lowest BCUT2D eigenvalue weighted by molar-refractivity contribution is 0.0139. The van der Waals surface area contributed by atoms with Gasteiger partial charge in [-0.05, 0) is 32.9 Å². The molecule has 0 bridgehead atoms. The second-order valence-electron chi connectivity index (χ2n) is 9.21. The first-order valence-electron chi connectivity index (χ1n) is 10.5. The molecule has 2 N–H and O–H groups in total. The summed E-state index contributed by atoms with van der Waals surface area (Å²) in [6.07, 6.45) is 3.37. The minimum Gasteiger partial charge on any atom is -0.444 e. The SMILES string of the molecule is C[C@H]1CN(C(=O)OC(C)(C)C)C[C@H]1OCc1cnn(C)c1-c1ccn2nc(N)cc2c1. The van der Waals surface area contributed by atoms with Crippen molar-refractivity contribution in [2.75, 3.05) is 18.8 Å². The average molecular weight is 427 g/mol. The van der Waals surface area contributed by atoms with Crippen LogP contribution < -0.4 is 5.73 Å². The van der Waals surface area contributed by atoms with Crippen LogP contribution in [0.1, 0.15) is 33.3 Å². The van der Waals surface area contributed by atoms with Crippen molar-refractivity contribution >= 4 is 17.4 Å². The number of hydrogen-bond acceptors (Lipinski definition) is 6. The Morgan fingerprint density at radius 3 is 2.81 bits per heavy atom. The van der Waals surface area contributed by atoms with Crippen molar-refractivity contribution < 1.29 is 14.3 Å². The van der Waals surface area contributed by atoms with Gasteiger partial charge in [0.1, 0.15) is 11.4 Å². The number of amides is 1. The summed E-state index contributed by atoms with van der Waals surface area (Å²) in [6.45, 7) is 9.27. The number of ether oxygens (including phenoxy) is 2. The number of nitrogens with two attached hydrogens (primary N) is 1. The predicted octanol–water partition coefficient (Wildman–Crippen LogP) is 3.09. The Kier molecular flexibility index (Phi) is 5.38. The van der Waals surface area contributed by atoms with Crippen molar-refractivity contribution in [3.63, 3.8) is 0 Å². The normalized spacial score (nSPS) is 19.3. The van der Waals surface area contributed by atoms with Gasteiger partial charge in [0, 0.05) is 42.9 Å².